The molecule has 0 amide bonds. The zero-order valence-corrected chi connectivity index (χ0v) is 12.2. The summed E-state index contributed by atoms with van der Waals surface area (Å²) in [6.45, 7) is 13.9. The lowest BCUT2D eigenvalue weighted by Gasteiger charge is -2.24. The second-order valence-electron chi connectivity index (χ2n) is 3.20. The smallest absolute Gasteiger partial charge is 0.0765 e. The summed E-state index contributed by atoms with van der Waals surface area (Å²) < 4.78 is 10.9. The fourth-order valence-electron chi connectivity index (χ4n) is 1.72. The molecule has 3 atom stereocenters. The highest BCUT2D eigenvalue weighted by atomic mass is 16.5. The number of hydrogen-bond acceptors (Lipinski definition) is 3. The predicted molar refractivity (Wildman–Crippen MR) is 71.0 cm³/mol. The van der Waals surface area contributed by atoms with Crippen molar-refractivity contribution in [3.05, 3.63) is 0 Å². The number of nitrogens with one attached hydrogen (secondary N) is 1. The van der Waals surface area contributed by atoms with E-state index in [-0.39, 0.29) is 6.10 Å². The molecule has 0 spiro atoms. The summed E-state index contributed by atoms with van der Waals surface area (Å²) in [4.78, 5) is 0. The van der Waals surface area contributed by atoms with Crippen molar-refractivity contribution < 1.29 is 9.47 Å². The SMILES string of the molecule is CC.CC.CCO[C@H]1CCN[C@@H]1[C@H](C)OC. The highest BCUT2D eigenvalue weighted by Gasteiger charge is 2.31. The first-order chi connectivity index (χ1) is 7.79. The van der Waals surface area contributed by atoms with E-state index in [1.165, 1.54) is 0 Å². The molecule has 0 saturated carbocycles. The average Bonchev–Trinajstić information content (AvgIpc) is 2.82. The lowest BCUT2D eigenvalue weighted by atomic mass is 10.1. The van der Waals surface area contributed by atoms with Crippen LogP contribution in [-0.2, 0) is 9.47 Å². The molecule has 100 valence electrons. The van der Waals surface area contributed by atoms with Crippen LogP contribution in [0.4, 0.5) is 0 Å². The van der Waals surface area contributed by atoms with Crippen LogP contribution in [0.5, 0.6) is 0 Å². The van der Waals surface area contributed by atoms with Crippen LogP contribution in [0.15, 0.2) is 0 Å². The van der Waals surface area contributed by atoms with Crippen molar-refractivity contribution in [1.82, 2.24) is 5.32 Å². The molecule has 0 aliphatic carbocycles. The topological polar surface area (TPSA) is 30.5 Å². The van der Waals surface area contributed by atoms with E-state index in [2.05, 4.69) is 12.2 Å². The summed E-state index contributed by atoms with van der Waals surface area (Å²) in [5.41, 5.74) is 0. The van der Waals surface area contributed by atoms with Gasteiger partial charge in [0, 0.05) is 13.7 Å². The summed E-state index contributed by atoms with van der Waals surface area (Å²) in [7, 11) is 1.74. The van der Waals surface area contributed by atoms with Crippen molar-refractivity contribution in [3.8, 4) is 0 Å². The van der Waals surface area contributed by atoms with E-state index in [0.29, 0.717) is 12.1 Å². The molecule has 0 aromatic carbocycles. The van der Waals surface area contributed by atoms with E-state index in [9.17, 15) is 0 Å². The average molecular weight is 233 g/mol. The molecule has 1 N–H and O–H groups in total. The van der Waals surface area contributed by atoms with Gasteiger partial charge in [0.1, 0.15) is 0 Å². The maximum Gasteiger partial charge on any atom is 0.0765 e. The molecular weight excluding hydrogens is 202 g/mol. The molecular formula is C13H31NO2. The zero-order valence-electron chi connectivity index (χ0n) is 12.2. The van der Waals surface area contributed by atoms with Gasteiger partial charge in [-0.1, -0.05) is 27.7 Å². The minimum atomic E-state index is 0.240. The highest BCUT2D eigenvalue weighted by Crippen LogP contribution is 2.15. The summed E-state index contributed by atoms with van der Waals surface area (Å²) in [6, 6.07) is 0.370. The second kappa shape index (κ2) is 12.9. The third-order valence-corrected chi connectivity index (χ3v) is 2.47. The molecule has 1 rings (SSSR count). The van der Waals surface area contributed by atoms with Crippen LogP contribution in [0, 0.1) is 0 Å². The van der Waals surface area contributed by atoms with Crippen LogP contribution < -0.4 is 5.32 Å². The first-order valence-corrected chi connectivity index (χ1v) is 6.67. The molecule has 3 nitrogen and oxygen atoms in total. The lowest BCUT2D eigenvalue weighted by molar-refractivity contribution is 0.0000106. The molecule has 1 aliphatic heterocycles. The molecule has 0 bridgehead atoms. The Balaban J connectivity index is 0. The van der Waals surface area contributed by atoms with Crippen LogP contribution in [-0.4, -0.2) is 38.5 Å². The van der Waals surface area contributed by atoms with E-state index >= 15 is 0 Å². The first kappa shape index (κ1) is 18.3. The molecule has 16 heavy (non-hydrogen) atoms. The number of ether oxygens (including phenoxy) is 2. The van der Waals surface area contributed by atoms with Crippen molar-refractivity contribution in [1.29, 1.82) is 0 Å². The summed E-state index contributed by atoms with van der Waals surface area (Å²) in [5.74, 6) is 0. The van der Waals surface area contributed by atoms with Crippen molar-refractivity contribution in [2.24, 2.45) is 0 Å². The minimum absolute atomic E-state index is 0.240. The molecule has 1 saturated heterocycles. The van der Waals surface area contributed by atoms with Gasteiger partial charge in [0.05, 0.1) is 18.2 Å². The molecule has 3 heteroatoms. The van der Waals surface area contributed by atoms with Gasteiger partial charge in [-0.3, -0.25) is 0 Å². The largest absolute Gasteiger partial charge is 0.380 e. The van der Waals surface area contributed by atoms with Gasteiger partial charge in [-0.25, -0.2) is 0 Å². The molecule has 0 aromatic heterocycles. The quantitative estimate of drug-likeness (QED) is 0.810. The third kappa shape index (κ3) is 6.46. The third-order valence-electron chi connectivity index (χ3n) is 2.47. The fourth-order valence-corrected chi connectivity index (χ4v) is 1.72. The fraction of sp³-hybridized carbons (Fsp3) is 1.00. The Labute approximate surface area is 102 Å². The number of hydrogen-bond donors (Lipinski definition) is 1. The Bertz CT molecular complexity index is 131. The molecule has 1 fully saturated rings. The van der Waals surface area contributed by atoms with Gasteiger partial charge in [-0.05, 0) is 26.8 Å². The van der Waals surface area contributed by atoms with Crippen LogP contribution in [0.25, 0.3) is 0 Å². The van der Waals surface area contributed by atoms with Crippen molar-refractivity contribution in [3.63, 3.8) is 0 Å². The first-order valence-electron chi connectivity index (χ1n) is 6.67. The van der Waals surface area contributed by atoms with Gasteiger partial charge in [0.15, 0.2) is 0 Å². The predicted octanol–water partition coefficient (Wildman–Crippen LogP) is 2.84. The van der Waals surface area contributed by atoms with Crippen LogP contribution in [0.1, 0.15) is 48.0 Å². The Hall–Kier alpha value is -0.120. The summed E-state index contributed by atoms with van der Waals surface area (Å²) in [6.07, 6.45) is 1.68. The van der Waals surface area contributed by atoms with E-state index in [1.54, 1.807) is 7.11 Å². The zero-order chi connectivity index (χ0) is 13.0. The van der Waals surface area contributed by atoms with Gasteiger partial charge < -0.3 is 14.8 Å². The van der Waals surface area contributed by atoms with Gasteiger partial charge in [-0.15, -0.1) is 0 Å². The normalized spacial score (nSPS) is 24.9. The van der Waals surface area contributed by atoms with E-state index < -0.39 is 0 Å². The summed E-state index contributed by atoms with van der Waals surface area (Å²) >= 11 is 0. The molecule has 0 radical (unpaired) electrons. The maximum absolute atomic E-state index is 5.60. The molecule has 0 aromatic rings. The Morgan fingerprint density at radius 2 is 1.81 bits per heavy atom. The molecule has 1 aliphatic rings. The van der Waals surface area contributed by atoms with Crippen LogP contribution in [0.2, 0.25) is 0 Å². The van der Waals surface area contributed by atoms with E-state index in [1.807, 2.05) is 34.6 Å². The number of rotatable bonds is 4. The Morgan fingerprint density at radius 1 is 1.25 bits per heavy atom. The lowest BCUT2D eigenvalue weighted by Crippen LogP contribution is -2.42. The van der Waals surface area contributed by atoms with Crippen molar-refractivity contribution in [2.45, 2.75) is 66.2 Å². The highest BCUT2D eigenvalue weighted by molar-refractivity contribution is 4.88. The van der Waals surface area contributed by atoms with E-state index in [4.69, 9.17) is 9.47 Å². The van der Waals surface area contributed by atoms with Gasteiger partial charge in [-0.2, -0.15) is 0 Å². The van der Waals surface area contributed by atoms with Gasteiger partial charge >= 0.3 is 0 Å². The number of methoxy groups -OCH3 is 1. The van der Waals surface area contributed by atoms with Gasteiger partial charge in [0.25, 0.3) is 0 Å². The second-order valence-corrected chi connectivity index (χ2v) is 3.20. The van der Waals surface area contributed by atoms with Crippen molar-refractivity contribution in [2.75, 3.05) is 20.3 Å². The van der Waals surface area contributed by atoms with Crippen LogP contribution in [0.3, 0.4) is 0 Å². The van der Waals surface area contributed by atoms with E-state index in [0.717, 1.165) is 19.6 Å². The Kier molecular flexibility index (Phi) is 14.8. The molecule has 1 heterocycles. The molecule has 0 unspecified atom stereocenters. The van der Waals surface area contributed by atoms with Crippen LogP contribution >= 0.6 is 0 Å². The van der Waals surface area contributed by atoms with Gasteiger partial charge in [0.2, 0.25) is 0 Å². The minimum Gasteiger partial charge on any atom is -0.380 e. The standard InChI is InChI=1S/C9H19NO2.2C2H6/c1-4-12-8-5-6-10-9(8)7(2)11-3;2*1-2/h7-10H,4-6H2,1-3H3;2*1-2H3/t7-,8-,9+;;/m0../s1. The summed E-state index contributed by atoms with van der Waals surface area (Å²) in [5, 5.41) is 3.39. The maximum atomic E-state index is 5.60. The van der Waals surface area contributed by atoms with Crippen molar-refractivity contribution >= 4 is 0 Å². The Morgan fingerprint density at radius 3 is 2.25 bits per heavy atom. The monoisotopic (exact) mass is 233 g/mol.